The number of benzene rings is 1. The van der Waals surface area contributed by atoms with Crippen LogP contribution in [-0.4, -0.2) is 26.7 Å². The Labute approximate surface area is 107 Å². The molecule has 0 aliphatic heterocycles. The van der Waals surface area contributed by atoms with Gasteiger partial charge in [0.25, 0.3) is 0 Å². The molecule has 0 aromatic heterocycles. The van der Waals surface area contributed by atoms with E-state index < -0.39 is 15.8 Å². The van der Waals surface area contributed by atoms with Crippen LogP contribution in [0.4, 0.5) is 5.69 Å². The van der Waals surface area contributed by atoms with Crippen molar-refractivity contribution in [1.82, 2.24) is 0 Å². The number of sulfone groups is 1. The third-order valence-corrected chi connectivity index (χ3v) is 3.57. The number of nitrogens with two attached hydrogens (primary N) is 1. The average molecular weight is 271 g/mol. The van der Waals surface area contributed by atoms with Crippen molar-refractivity contribution in [1.29, 1.82) is 0 Å². The molecule has 2 N–H and O–H groups in total. The standard InChI is InChI=1S/C12H17NO4S/c1-4-8(2)17-12(14)9-5-10(13)7-11(6-9)18(3,15)16/h5-8H,4,13H2,1-3H3. The maximum atomic E-state index is 11.8. The third kappa shape index (κ3) is 3.73. The van der Waals surface area contributed by atoms with Gasteiger partial charge in [-0.25, -0.2) is 13.2 Å². The Kier molecular flexibility index (Phi) is 4.34. The van der Waals surface area contributed by atoms with Crippen LogP contribution in [0.3, 0.4) is 0 Å². The highest BCUT2D eigenvalue weighted by molar-refractivity contribution is 7.90. The van der Waals surface area contributed by atoms with Crippen LogP contribution in [0.2, 0.25) is 0 Å². The van der Waals surface area contributed by atoms with E-state index in [-0.39, 0.29) is 22.3 Å². The first-order chi connectivity index (χ1) is 8.24. The molecule has 0 aliphatic carbocycles. The minimum Gasteiger partial charge on any atom is -0.459 e. The van der Waals surface area contributed by atoms with Gasteiger partial charge in [-0.1, -0.05) is 6.92 Å². The molecule has 0 aliphatic rings. The molecule has 0 saturated carbocycles. The molecule has 0 amide bonds. The highest BCUT2D eigenvalue weighted by Gasteiger charge is 2.15. The lowest BCUT2D eigenvalue weighted by atomic mass is 10.2. The lowest BCUT2D eigenvalue weighted by Crippen LogP contribution is -2.15. The van der Waals surface area contributed by atoms with Gasteiger partial charge in [-0.3, -0.25) is 0 Å². The molecule has 6 heteroatoms. The zero-order chi connectivity index (χ0) is 13.9. The quantitative estimate of drug-likeness (QED) is 0.664. The normalized spacial score (nSPS) is 13.1. The van der Waals surface area contributed by atoms with Crippen molar-refractivity contribution in [3.05, 3.63) is 23.8 Å². The summed E-state index contributed by atoms with van der Waals surface area (Å²) in [7, 11) is -3.40. The second kappa shape index (κ2) is 5.39. The molecule has 100 valence electrons. The summed E-state index contributed by atoms with van der Waals surface area (Å²) in [5.41, 5.74) is 5.95. The largest absolute Gasteiger partial charge is 0.459 e. The lowest BCUT2D eigenvalue weighted by molar-refractivity contribution is 0.0334. The summed E-state index contributed by atoms with van der Waals surface area (Å²) in [5, 5.41) is 0. The van der Waals surface area contributed by atoms with Gasteiger partial charge in [-0.15, -0.1) is 0 Å². The van der Waals surface area contributed by atoms with Gasteiger partial charge < -0.3 is 10.5 Å². The van der Waals surface area contributed by atoms with Crippen LogP contribution in [0.15, 0.2) is 23.1 Å². The van der Waals surface area contributed by atoms with Gasteiger partial charge >= 0.3 is 5.97 Å². The van der Waals surface area contributed by atoms with Crippen LogP contribution in [0.1, 0.15) is 30.6 Å². The summed E-state index contributed by atoms with van der Waals surface area (Å²) in [4.78, 5) is 11.8. The van der Waals surface area contributed by atoms with E-state index in [1.54, 1.807) is 6.92 Å². The first kappa shape index (κ1) is 14.5. The summed E-state index contributed by atoms with van der Waals surface area (Å²) in [6, 6.07) is 3.99. The van der Waals surface area contributed by atoms with Crippen LogP contribution in [-0.2, 0) is 14.6 Å². The maximum absolute atomic E-state index is 11.8. The minimum atomic E-state index is -3.40. The van der Waals surface area contributed by atoms with E-state index >= 15 is 0 Å². The van der Waals surface area contributed by atoms with Gasteiger partial charge in [0, 0.05) is 11.9 Å². The van der Waals surface area contributed by atoms with E-state index in [0.717, 1.165) is 6.26 Å². The summed E-state index contributed by atoms with van der Waals surface area (Å²) < 4.78 is 28.0. The van der Waals surface area contributed by atoms with Crippen LogP contribution >= 0.6 is 0 Å². The molecular formula is C12H17NO4S. The highest BCUT2D eigenvalue weighted by Crippen LogP contribution is 2.18. The van der Waals surface area contributed by atoms with Crippen molar-refractivity contribution in [3.63, 3.8) is 0 Å². The van der Waals surface area contributed by atoms with E-state index in [9.17, 15) is 13.2 Å². The fourth-order valence-electron chi connectivity index (χ4n) is 1.29. The van der Waals surface area contributed by atoms with E-state index in [1.165, 1.54) is 18.2 Å². The van der Waals surface area contributed by atoms with Crippen LogP contribution in [0.25, 0.3) is 0 Å². The SMILES string of the molecule is CCC(C)OC(=O)c1cc(N)cc(S(C)(=O)=O)c1. The summed E-state index contributed by atoms with van der Waals surface area (Å²) in [6.45, 7) is 3.65. The van der Waals surface area contributed by atoms with Crippen molar-refractivity contribution in [3.8, 4) is 0 Å². The monoisotopic (exact) mass is 271 g/mol. The van der Waals surface area contributed by atoms with Gasteiger partial charge in [-0.05, 0) is 31.5 Å². The molecule has 0 radical (unpaired) electrons. The van der Waals surface area contributed by atoms with Gasteiger partial charge in [0.2, 0.25) is 0 Å². The van der Waals surface area contributed by atoms with Crippen molar-refractivity contribution in [2.24, 2.45) is 0 Å². The fraction of sp³-hybridized carbons (Fsp3) is 0.417. The van der Waals surface area contributed by atoms with Gasteiger partial charge in [-0.2, -0.15) is 0 Å². The number of anilines is 1. The zero-order valence-corrected chi connectivity index (χ0v) is 11.5. The van der Waals surface area contributed by atoms with Crippen LogP contribution in [0, 0.1) is 0 Å². The Bertz CT molecular complexity index is 551. The molecule has 0 bridgehead atoms. The molecule has 0 spiro atoms. The van der Waals surface area contributed by atoms with Crippen LogP contribution < -0.4 is 5.73 Å². The second-order valence-electron chi connectivity index (χ2n) is 4.19. The Morgan fingerprint density at radius 3 is 2.50 bits per heavy atom. The highest BCUT2D eigenvalue weighted by atomic mass is 32.2. The van der Waals surface area contributed by atoms with Gasteiger partial charge in [0.1, 0.15) is 0 Å². The van der Waals surface area contributed by atoms with E-state index in [1.807, 2.05) is 6.92 Å². The molecule has 0 heterocycles. The Morgan fingerprint density at radius 1 is 1.39 bits per heavy atom. The Balaban J connectivity index is 3.11. The lowest BCUT2D eigenvalue weighted by Gasteiger charge is -2.11. The molecule has 18 heavy (non-hydrogen) atoms. The number of hydrogen-bond acceptors (Lipinski definition) is 5. The smallest absolute Gasteiger partial charge is 0.338 e. The molecule has 1 aromatic carbocycles. The van der Waals surface area contributed by atoms with Gasteiger partial charge in [0.05, 0.1) is 16.6 Å². The number of ether oxygens (including phenoxy) is 1. The molecule has 1 rings (SSSR count). The second-order valence-corrected chi connectivity index (χ2v) is 6.20. The van der Waals surface area contributed by atoms with Crippen LogP contribution in [0.5, 0.6) is 0 Å². The maximum Gasteiger partial charge on any atom is 0.338 e. The van der Waals surface area contributed by atoms with Crippen molar-refractivity contribution >= 4 is 21.5 Å². The van der Waals surface area contributed by atoms with E-state index in [4.69, 9.17) is 10.5 Å². The third-order valence-electron chi connectivity index (χ3n) is 2.48. The fourth-order valence-corrected chi connectivity index (χ4v) is 1.98. The average Bonchev–Trinajstić information content (AvgIpc) is 2.26. The first-order valence-corrected chi connectivity index (χ1v) is 7.44. The topological polar surface area (TPSA) is 86.5 Å². The number of rotatable bonds is 4. The Hall–Kier alpha value is -1.56. The van der Waals surface area contributed by atoms with Gasteiger partial charge in [0.15, 0.2) is 9.84 Å². The van der Waals surface area contributed by atoms with E-state index in [2.05, 4.69) is 0 Å². The molecule has 1 unspecified atom stereocenters. The van der Waals surface area contributed by atoms with Crippen molar-refractivity contribution in [2.45, 2.75) is 31.3 Å². The summed E-state index contributed by atoms with van der Waals surface area (Å²) in [6.07, 6.45) is 1.53. The Morgan fingerprint density at radius 2 is 2.00 bits per heavy atom. The molecule has 1 atom stereocenters. The number of carbonyl (C=O) groups excluding carboxylic acids is 1. The van der Waals surface area contributed by atoms with Crippen molar-refractivity contribution in [2.75, 3.05) is 12.0 Å². The predicted molar refractivity (Wildman–Crippen MR) is 69.1 cm³/mol. The first-order valence-electron chi connectivity index (χ1n) is 5.55. The van der Waals surface area contributed by atoms with E-state index in [0.29, 0.717) is 6.42 Å². The number of carbonyl (C=O) groups is 1. The summed E-state index contributed by atoms with van der Waals surface area (Å²) in [5.74, 6) is -0.568. The zero-order valence-electron chi connectivity index (χ0n) is 10.6. The number of hydrogen-bond donors (Lipinski definition) is 1. The van der Waals surface area contributed by atoms with Crippen molar-refractivity contribution < 1.29 is 17.9 Å². The molecule has 0 fully saturated rings. The molecule has 0 saturated heterocycles. The minimum absolute atomic E-state index is 0.0126. The molecular weight excluding hydrogens is 254 g/mol. The number of esters is 1. The molecule has 1 aromatic rings. The predicted octanol–water partition coefficient (Wildman–Crippen LogP) is 1.63. The summed E-state index contributed by atoms with van der Waals surface area (Å²) >= 11 is 0. The number of nitrogen functional groups attached to an aromatic ring is 1. The molecule has 5 nitrogen and oxygen atoms in total.